The van der Waals surface area contributed by atoms with Gasteiger partial charge in [0.1, 0.15) is 11.5 Å². The molecular weight excluding hydrogens is 340 g/mol. The molecule has 0 spiro atoms. The van der Waals surface area contributed by atoms with Crippen LogP contribution < -0.4 is 9.47 Å². The van der Waals surface area contributed by atoms with Gasteiger partial charge in [-0.25, -0.2) is 0 Å². The molecule has 1 N–H and O–H groups in total. The number of ether oxygens (including phenoxy) is 3. The minimum Gasteiger partial charge on any atom is -0.494 e. The standard InChI is InChI=1S/C23H28O4/c1-3-25-21-6-4-16(5-7-21)11-19-13-18(12-17-8-9-26-23(17)19)22-14-20(24)10-15(2)27-22/h4-7,12-13,15,20,22,24H,3,8-11,14H2,1-2H3. The quantitative estimate of drug-likeness (QED) is 0.859. The van der Waals surface area contributed by atoms with Crippen molar-refractivity contribution in [3.8, 4) is 11.5 Å². The summed E-state index contributed by atoms with van der Waals surface area (Å²) in [6, 6.07) is 12.7. The van der Waals surface area contributed by atoms with Gasteiger partial charge in [0.05, 0.1) is 31.5 Å². The molecule has 0 saturated carbocycles. The van der Waals surface area contributed by atoms with Gasteiger partial charge in [0, 0.05) is 19.3 Å². The highest BCUT2D eigenvalue weighted by molar-refractivity contribution is 5.49. The van der Waals surface area contributed by atoms with Crippen LogP contribution in [0.1, 0.15) is 55.0 Å². The molecule has 4 rings (SSSR count). The highest BCUT2D eigenvalue weighted by Crippen LogP contribution is 2.38. The molecule has 4 heteroatoms. The number of hydrogen-bond donors (Lipinski definition) is 1. The molecule has 1 saturated heterocycles. The third-order valence-electron chi connectivity index (χ3n) is 5.37. The first kappa shape index (κ1) is 18.3. The predicted molar refractivity (Wildman–Crippen MR) is 105 cm³/mol. The molecule has 2 aromatic rings. The van der Waals surface area contributed by atoms with E-state index in [-0.39, 0.29) is 18.3 Å². The van der Waals surface area contributed by atoms with E-state index in [1.54, 1.807) is 0 Å². The summed E-state index contributed by atoms with van der Waals surface area (Å²) < 4.78 is 17.6. The van der Waals surface area contributed by atoms with E-state index in [9.17, 15) is 5.11 Å². The van der Waals surface area contributed by atoms with Crippen LogP contribution in [0.25, 0.3) is 0 Å². The van der Waals surface area contributed by atoms with E-state index < -0.39 is 0 Å². The van der Waals surface area contributed by atoms with Crippen LogP contribution in [-0.4, -0.2) is 30.5 Å². The number of aliphatic hydroxyl groups is 1. The molecule has 0 radical (unpaired) electrons. The minimum absolute atomic E-state index is 0.0475. The molecule has 3 atom stereocenters. The van der Waals surface area contributed by atoms with Gasteiger partial charge < -0.3 is 19.3 Å². The maximum Gasteiger partial charge on any atom is 0.126 e. The topological polar surface area (TPSA) is 47.9 Å². The molecule has 2 aliphatic rings. The zero-order valence-electron chi connectivity index (χ0n) is 16.1. The van der Waals surface area contributed by atoms with Crippen LogP contribution in [0.5, 0.6) is 11.5 Å². The van der Waals surface area contributed by atoms with Crippen molar-refractivity contribution >= 4 is 0 Å². The Bertz CT molecular complexity index is 774. The van der Waals surface area contributed by atoms with E-state index >= 15 is 0 Å². The van der Waals surface area contributed by atoms with E-state index in [1.807, 2.05) is 26.0 Å². The fraction of sp³-hybridized carbons (Fsp3) is 0.478. The predicted octanol–water partition coefficient (Wildman–Crippen LogP) is 4.21. The van der Waals surface area contributed by atoms with Crippen molar-refractivity contribution < 1.29 is 19.3 Å². The zero-order chi connectivity index (χ0) is 18.8. The van der Waals surface area contributed by atoms with Gasteiger partial charge in [-0.2, -0.15) is 0 Å². The van der Waals surface area contributed by atoms with Crippen LogP contribution in [0.3, 0.4) is 0 Å². The summed E-state index contributed by atoms with van der Waals surface area (Å²) in [5, 5.41) is 10.2. The van der Waals surface area contributed by atoms with Crippen LogP contribution in [0.2, 0.25) is 0 Å². The molecule has 27 heavy (non-hydrogen) atoms. The lowest BCUT2D eigenvalue weighted by atomic mass is 9.91. The number of fused-ring (bicyclic) bond motifs is 1. The summed E-state index contributed by atoms with van der Waals surface area (Å²) in [6.07, 6.45) is 2.86. The Morgan fingerprint density at radius 1 is 1.15 bits per heavy atom. The summed E-state index contributed by atoms with van der Waals surface area (Å²) in [5.41, 5.74) is 4.84. The Hall–Kier alpha value is -2.04. The Kier molecular flexibility index (Phi) is 5.37. The molecule has 3 unspecified atom stereocenters. The lowest BCUT2D eigenvalue weighted by Crippen LogP contribution is -2.29. The normalized spacial score (nSPS) is 24.3. The van der Waals surface area contributed by atoms with Crippen LogP contribution in [-0.2, 0) is 17.6 Å². The first-order valence-corrected chi connectivity index (χ1v) is 9.96. The van der Waals surface area contributed by atoms with Gasteiger partial charge in [-0.3, -0.25) is 0 Å². The monoisotopic (exact) mass is 368 g/mol. The van der Waals surface area contributed by atoms with Gasteiger partial charge in [0.2, 0.25) is 0 Å². The second-order valence-corrected chi connectivity index (χ2v) is 7.58. The molecule has 2 aromatic carbocycles. The third-order valence-corrected chi connectivity index (χ3v) is 5.37. The molecular formula is C23H28O4. The van der Waals surface area contributed by atoms with Crippen LogP contribution in [0.15, 0.2) is 36.4 Å². The largest absolute Gasteiger partial charge is 0.494 e. The molecule has 1 fully saturated rings. The summed E-state index contributed by atoms with van der Waals surface area (Å²) >= 11 is 0. The number of aliphatic hydroxyl groups excluding tert-OH is 1. The van der Waals surface area contributed by atoms with Crippen molar-refractivity contribution in [2.24, 2.45) is 0 Å². The fourth-order valence-electron chi connectivity index (χ4n) is 4.16. The first-order valence-electron chi connectivity index (χ1n) is 9.96. The second-order valence-electron chi connectivity index (χ2n) is 7.58. The number of rotatable bonds is 5. The molecule has 0 aromatic heterocycles. The van der Waals surface area contributed by atoms with Gasteiger partial charge in [0.25, 0.3) is 0 Å². The summed E-state index contributed by atoms with van der Waals surface area (Å²) in [5.74, 6) is 1.92. The maximum atomic E-state index is 10.2. The average molecular weight is 368 g/mol. The van der Waals surface area contributed by atoms with Crippen molar-refractivity contribution in [2.75, 3.05) is 13.2 Å². The van der Waals surface area contributed by atoms with Crippen molar-refractivity contribution in [2.45, 2.75) is 57.8 Å². The Morgan fingerprint density at radius 3 is 2.70 bits per heavy atom. The van der Waals surface area contributed by atoms with E-state index in [0.717, 1.165) is 36.5 Å². The summed E-state index contributed by atoms with van der Waals surface area (Å²) in [4.78, 5) is 0. The van der Waals surface area contributed by atoms with E-state index in [0.29, 0.717) is 19.4 Å². The molecule has 0 bridgehead atoms. The zero-order valence-corrected chi connectivity index (χ0v) is 16.1. The molecule has 0 aliphatic carbocycles. The molecule has 4 nitrogen and oxygen atoms in total. The van der Waals surface area contributed by atoms with Crippen molar-refractivity contribution in [3.05, 3.63) is 58.7 Å². The third kappa shape index (κ3) is 4.12. The van der Waals surface area contributed by atoms with E-state index in [2.05, 4.69) is 24.3 Å². The summed E-state index contributed by atoms with van der Waals surface area (Å²) in [6.45, 7) is 5.44. The lowest BCUT2D eigenvalue weighted by molar-refractivity contribution is -0.0895. The molecule has 144 valence electrons. The van der Waals surface area contributed by atoms with Gasteiger partial charge >= 0.3 is 0 Å². The minimum atomic E-state index is -0.294. The van der Waals surface area contributed by atoms with Gasteiger partial charge in [-0.15, -0.1) is 0 Å². The van der Waals surface area contributed by atoms with Crippen LogP contribution in [0.4, 0.5) is 0 Å². The smallest absolute Gasteiger partial charge is 0.126 e. The van der Waals surface area contributed by atoms with Gasteiger partial charge in [-0.1, -0.05) is 12.1 Å². The number of hydrogen-bond acceptors (Lipinski definition) is 4. The van der Waals surface area contributed by atoms with Crippen molar-refractivity contribution in [1.82, 2.24) is 0 Å². The fourth-order valence-corrected chi connectivity index (χ4v) is 4.16. The number of benzene rings is 2. The maximum absolute atomic E-state index is 10.2. The highest BCUT2D eigenvalue weighted by Gasteiger charge is 2.29. The van der Waals surface area contributed by atoms with E-state index in [4.69, 9.17) is 14.2 Å². The highest BCUT2D eigenvalue weighted by atomic mass is 16.5. The van der Waals surface area contributed by atoms with Crippen molar-refractivity contribution in [1.29, 1.82) is 0 Å². The first-order chi connectivity index (χ1) is 13.1. The lowest BCUT2D eigenvalue weighted by Gasteiger charge is -2.32. The van der Waals surface area contributed by atoms with Gasteiger partial charge in [0.15, 0.2) is 0 Å². The Balaban J connectivity index is 1.61. The molecule has 2 heterocycles. The Morgan fingerprint density at radius 2 is 1.96 bits per heavy atom. The average Bonchev–Trinajstić information content (AvgIpc) is 3.12. The Labute approximate surface area is 161 Å². The van der Waals surface area contributed by atoms with Crippen LogP contribution in [0, 0.1) is 0 Å². The summed E-state index contributed by atoms with van der Waals surface area (Å²) in [7, 11) is 0. The SMILES string of the molecule is CCOc1ccc(Cc2cc(C3CC(O)CC(C)O3)cc3c2OCC3)cc1. The van der Waals surface area contributed by atoms with E-state index in [1.165, 1.54) is 16.7 Å². The molecule has 2 aliphatic heterocycles. The second kappa shape index (κ2) is 7.91. The molecule has 0 amide bonds. The van der Waals surface area contributed by atoms with Crippen LogP contribution >= 0.6 is 0 Å². The van der Waals surface area contributed by atoms with Gasteiger partial charge in [-0.05, 0) is 66.8 Å². The van der Waals surface area contributed by atoms with Crippen molar-refractivity contribution in [3.63, 3.8) is 0 Å².